The number of nitrogens with one attached hydrogen (secondary N) is 1. The number of benzene rings is 2. The van der Waals surface area contributed by atoms with E-state index in [2.05, 4.69) is 33.1 Å². The molecule has 0 saturated heterocycles. The van der Waals surface area contributed by atoms with E-state index in [1.165, 1.54) is 0 Å². The van der Waals surface area contributed by atoms with Crippen molar-refractivity contribution < 1.29 is 9.90 Å². The number of anilines is 1. The van der Waals surface area contributed by atoms with Crippen molar-refractivity contribution in [2.75, 3.05) is 5.32 Å². The lowest BCUT2D eigenvalue weighted by molar-refractivity contribution is -0.127. The Hall–Kier alpha value is -1.80. The smallest absolute Gasteiger partial charge is 0.234 e. The molecular weight excluding hydrogens is 402 g/mol. The van der Waals surface area contributed by atoms with Crippen molar-refractivity contribution in [2.45, 2.75) is 25.4 Å². The predicted molar refractivity (Wildman–Crippen MR) is 103 cm³/mol. The molecular formula is C20H17BrClNO2. The van der Waals surface area contributed by atoms with Crippen LogP contribution in [0.3, 0.4) is 0 Å². The zero-order valence-corrected chi connectivity index (χ0v) is 16.0. The summed E-state index contributed by atoms with van der Waals surface area (Å²) in [4.78, 5) is 12.7. The van der Waals surface area contributed by atoms with Gasteiger partial charge in [-0.05, 0) is 68.3 Å². The molecule has 25 heavy (non-hydrogen) atoms. The number of carbonyl (C=O) groups excluding carboxylic acids is 1. The molecule has 0 radical (unpaired) electrons. The highest BCUT2D eigenvalue weighted by atomic mass is 79.9. The van der Waals surface area contributed by atoms with Gasteiger partial charge in [0.2, 0.25) is 5.91 Å². The molecule has 2 aromatic rings. The Morgan fingerprint density at radius 3 is 2.36 bits per heavy atom. The highest BCUT2D eigenvalue weighted by Crippen LogP contribution is 2.54. The third-order valence-electron chi connectivity index (χ3n) is 4.51. The van der Waals surface area contributed by atoms with Gasteiger partial charge in [-0.1, -0.05) is 39.4 Å². The fourth-order valence-corrected chi connectivity index (χ4v) is 3.08. The predicted octanol–water partition coefficient (Wildman–Crippen LogP) is 4.62. The van der Waals surface area contributed by atoms with E-state index in [1.807, 2.05) is 24.3 Å². The molecule has 128 valence electrons. The van der Waals surface area contributed by atoms with Crippen LogP contribution in [0.15, 0.2) is 53.0 Å². The summed E-state index contributed by atoms with van der Waals surface area (Å²) in [6.07, 6.45) is 1.21. The largest absolute Gasteiger partial charge is 0.377 e. The summed E-state index contributed by atoms with van der Waals surface area (Å²) >= 11 is 9.23. The minimum Gasteiger partial charge on any atom is -0.377 e. The zero-order chi connectivity index (χ0) is 18.1. The summed E-state index contributed by atoms with van der Waals surface area (Å²) in [6.45, 7) is 1.60. The first-order valence-electron chi connectivity index (χ1n) is 7.91. The average molecular weight is 419 g/mol. The molecule has 1 unspecified atom stereocenters. The van der Waals surface area contributed by atoms with Gasteiger partial charge in [0, 0.05) is 20.7 Å². The number of hydrogen-bond donors (Lipinski definition) is 2. The van der Waals surface area contributed by atoms with Crippen molar-refractivity contribution in [3.63, 3.8) is 0 Å². The fourth-order valence-electron chi connectivity index (χ4n) is 2.69. The fraction of sp³-hybridized carbons (Fsp3) is 0.250. The van der Waals surface area contributed by atoms with Crippen molar-refractivity contribution in [3.8, 4) is 11.8 Å². The van der Waals surface area contributed by atoms with Gasteiger partial charge in [-0.25, -0.2) is 0 Å². The first-order chi connectivity index (χ1) is 11.8. The van der Waals surface area contributed by atoms with Gasteiger partial charge in [0.15, 0.2) is 0 Å². The van der Waals surface area contributed by atoms with Gasteiger partial charge in [0.25, 0.3) is 0 Å². The van der Waals surface area contributed by atoms with E-state index < -0.39 is 11.0 Å². The molecule has 0 bridgehead atoms. The van der Waals surface area contributed by atoms with Crippen LogP contribution in [0, 0.1) is 17.3 Å². The van der Waals surface area contributed by atoms with E-state index in [0.717, 1.165) is 10.0 Å². The van der Waals surface area contributed by atoms with E-state index >= 15 is 0 Å². The SMILES string of the molecule is CC(O)(C#Cc1ccc(Br)cc1)C1(C(=O)Nc2ccc(Cl)cc2)CC1. The van der Waals surface area contributed by atoms with Crippen LogP contribution in [-0.2, 0) is 4.79 Å². The molecule has 0 aromatic heterocycles. The molecule has 5 heteroatoms. The van der Waals surface area contributed by atoms with Crippen molar-refractivity contribution >= 4 is 39.1 Å². The quantitative estimate of drug-likeness (QED) is 0.714. The minimum absolute atomic E-state index is 0.218. The maximum atomic E-state index is 12.7. The lowest BCUT2D eigenvalue weighted by Gasteiger charge is -2.27. The Labute approximate surface area is 160 Å². The van der Waals surface area contributed by atoms with Crippen molar-refractivity contribution in [3.05, 3.63) is 63.6 Å². The van der Waals surface area contributed by atoms with Crippen molar-refractivity contribution in [1.82, 2.24) is 0 Å². The van der Waals surface area contributed by atoms with Gasteiger partial charge in [0.1, 0.15) is 5.60 Å². The normalized spacial score (nSPS) is 17.0. The van der Waals surface area contributed by atoms with E-state index in [1.54, 1.807) is 31.2 Å². The molecule has 3 rings (SSSR count). The van der Waals surface area contributed by atoms with Crippen LogP contribution in [0.1, 0.15) is 25.3 Å². The van der Waals surface area contributed by atoms with Gasteiger partial charge in [0.05, 0.1) is 5.41 Å². The van der Waals surface area contributed by atoms with E-state index in [4.69, 9.17) is 11.6 Å². The van der Waals surface area contributed by atoms with Crippen LogP contribution in [0.2, 0.25) is 5.02 Å². The molecule has 0 aliphatic heterocycles. The number of carbonyl (C=O) groups is 1. The Balaban J connectivity index is 1.77. The molecule has 0 heterocycles. The molecule has 1 saturated carbocycles. The third kappa shape index (κ3) is 3.90. The Kier molecular flexibility index (Phi) is 4.92. The first kappa shape index (κ1) is 18.0. The van der Waals surface area contributed by atoms with Gasteiger partial charge >= 0.3 is 0 Å². The Morgan fingerprint density at radius 2 is 1.80 bits per heavy atom. The lowest BCUT2D eigenvalue weighted by Crippen LogP contribution is -2.43. The van der Waals surface area contributed by atoms with Gasteiger partial charge in [-0.3, -0.25) is 4.79 Å². The standard InChI is InChI=1S/C20H17BrClNO2/c1-19(25,11-10-14-2-4-15(21)5-3-14)20(12-13-20)18(24)23-17-8-6-16(22)7-9-17/h2-9,25H,12-13H2,1H3,(H,23,24). The molecule has 2 aromatic carbocycles. The molecule has 3 nitrogen and oxygen atoms in total. The number of hydrogen-bond acceptors (Lipinski definition) is 2. The highest BCUT2D eigenvalue weighted by Gasteiger charge is 2.61. The molecule has 1 aliphatic rings. The Bertz CT molecular complexity index is 844. The topological polar surface area (TPSA) is 49.3 Å². The number of rotatable bonds is 3. The van der Waals surface area contributed by atoms with E-state index in [-0.39, 0.29) is 5.91 Å². The number of aliphatic hydroxyl groups is 1. The number of amides is 1. The third-order valence-corrected chi connectivity index (χ3v) is 5.29. The van der Waals surface area contributed by atoms with Crippen LogP contribution in [-0.4, -0.2) is 16.6 Å². The summed E-state index contributed by atoms with van der Waals surface area (Å²) in [5, 5.41) is 14.3. The minimum atomic E-state index is -1.41. The van der Waals surface area contributed by atoms with E-state index in [0.29, 0.717) is 23.6 Å². The summed E-state index contributed by atoms with van der Waals surface area (Å²) in [5.41, 5.74) is -0.847. The van der Waals surface area contributed by atoms with Crippen molar-refractivity contribution in [1.29, 1.82) is 0 Å². The van der Waals surface area contributed by atoms with Crippen LogP contribution < -0.4 is 5.32 Å². The summed E-state index contributed by atoms with van der Waals surface area (Å²) in [5.74, 6) is 5.63. The van der Waals surface area contributed by atoms with Crippen molar-refractivity contribution in [2.24, 2.45) is 5.41 Å². The molecule has 1 fully saturated rings. The molecule has 1 amide bonds. The molecule has 2 N–H and O–H groups in total. The second-order valence-corrected chi connectivity index (χ2v) is 7.72. The Morgan fingerprint density at radius 1 is 1.20 bits per heavy atom. The molecule has 0 spiro atoms. The van der Waals surface area contributed by atoms with Crippen LogP contribution >= 0.6 is 27.5 Å². The maximum Gasteiger partial charge on any atom is 0.234 e. The second-order valence-electron chi connectivity index (χ2n) is 6.37. The van der Waals surface area contributed by atoms with Gasteiger partial charge in [-0.15, -0.1) is 0 Å². The molecule has 1 atom stereocenters. The average Bonchev–Trinajstić information content (AvgIpc) is 3.39. The zero-order valence-electron chi connectivity index (χ0n) is 13.6. The maximum absolute atomic E-state index is 12.7. The van der Waals surface area contributed by atoms with Crippen LogP contribution in [0.25, 0.3) is 0 Å². The molecule has 1 aliphatic carbocycles. The van der Waals surface area contributed by atoms with E-state index in [9.17, 15) is 9.90 Å². The van der Waals surface area contributed by atoms with Crippen LogP contribution in [0.5, 0.6) is 0 Å². The summed E-state index contributed by atoms with van der Waals surface area (Å²) < 4.78 is 0.964. The number of halogens is 2. The van der Waals surface area contributed by atoms with Gasteiger partial charge in [-0.2, -0.15) is 0 Å². The lowest BCUT2D eigenvalue weighted by atomic mass is 9.85. The van der Waals surface area contributed by atoms with Gasteiger partial charge < -0.3 is 10.4 Å². The first-order valence-corrected chi connectivity index (χ1v) is 9.08. The monoisotopic (exact) mass is 417 g/mol. The second kappa shape index (κ2) is 6.84. The van der Waals surface area contributed by atoms with Crippen LogP contribution in [0.4, 0.5) is 5.69 Å². The summed E-state index contributed by atoms with van der Waals surface area (Å²) in [7, 11) is 0. The summed E-state index contributed by atoms with van der Waals surface area (Å²) in [6, 6.07) is 14.4. The highest BCUT2D eigenvalue weighted by molar-refractivity contribution is 9.10.